The van der Waals surface area contributed by atoms with Crippen LogP contribution in [0.25, 0.3) is 0 Å². The zero-order valence-electron chi connectivity index (χ0n) is 16.0. The lowest BCUT2D eigenvalue weighted by Gasteiger charge is -2.38. The molecule has 1 aromatic rings. The smallest absolute Gasteiger partial charge is 0.273 e. The Morgan fingerprint density at radius 1 is 1.11 bits per heavy atom. The summed E-state index contributed by atoms with van der Waals surface area (Å²) in [5, 5.41) is 11.2. The Morgan fingerprint density at radius 2 is 1.81 bits per heavy atom. The van der Waals surface area contributed by atoms with Crippen LogP contribution in [-0.4, -0.2) is 79.8 Å². The third-order valence-electron chi connectivity index (χ3n) is 5.73. The molecule has 0 spiro atoms. The SMILES string of the molecule is Cc1c([N+](=O)[O-])cccc1S(=O)(=O)N1CCCC[C@@H](N2CCN(C)CC2)C1. The Hall–Kier alpha value is -1.55. The van der Waals surface area contributed by atoms with Crippen molar-refractivity contribution in [3.63, 3.8) is 0 Å². The van der Waals surface area contributed by atoms with Crippen LogP contribution in [0.5, 0.6) is 0 Å². The molecule has 2 heterocycles. The maximum absolute atomic E-state index is 13.3. The van der Waals surface area contributed by atoms with E-state index in [1.54, 1.807) is 0 Å². The molecule has 150 valence electrons. The number of rotatable bonds is 4. The molecule has 0 N–H and O–H groups in total. The molecular weight excluding hydrogens is 368 g/mol. The van der Waals surface area contributed by atoms with E-state index in [0.29, 0.717) is 13.1 Å². The molecule has 2 aliphatic heterocycles. The molecule has 0 bridgehead atoms. The fourth-order valence-corrected chi connectivity index (χ4v) is 5.77. The zero-order chi connectivity index (χ0) is 19.6. The molecule has 2 saturated heterocycles. The molecule has 0 radical (unpaired) electrons. The monoisotopic (exact) mass is 396 g/mol. The number of nitro groups is 1. The average Bonchev–Trinajstić information content (AvgIpc) is 2.89. The van der Waals surface area contributed by atoms with Crippen molar-refractivity contribution in [3.8, 4) is 0 Å². The fraction of sp³-hybridized carbons (Fsp3) is 0.667. The molecule has 1 atom stereocenters. The lowest BCUT2D eigenvalue weighted by molar-refractivity contribution is -0.385. The number of sulfonamides is 1. The summed E-state index contributed by atoms with van der Waals surface area (Å²) in [4.78, 5) is 15.4. The Morgan fingerprint density at radius 3 is 2.48 bits per heavy atom. The second-order valence-corrected chi connectivity index (χ2v) is 9.42. The van der Waals surface area contributed by atoms with E-state index < -0.39 is 14.9 Å². The van der Waals surface area contributed by atoms with Crippen LogP contribution in [-0.2, 0) is 10.0 Å². The topological polar surface area (TPSA) is 87.0 Å². The van der Waals surface area contributed by atoms with Crippen molar-refractivity contribution in [1.82, 2.24) is 14.1 Å². The molecule has 27 heavy (non-hydrogen) atoms. The maximum atomic E-state index is 13.3. The van der Waals surface area contributed by atoms with Gasteiger partial charge in [0.1, 0.15) is 0 Å². The molecule has 2 aliphatic rings. The second-order valence-electron chi connectivity index (χ2n) is 7.51. The highest BCUT2D eigenvalue weighted by atomic mass is 32.2. The summed E-state index contributed by atoms with van der Waals surface area (Å²) in [5.41, 5.74) is 0.0596. The molecule has 0 aromatic heterocycles. The van der Waals surface area contributed by atoms with Crippen molar-refractivity contribution in [2.75, 3.05) is 46.3 Å². The summed E-state index contributed by atoms with van der Waals surface area (Å²) in [6.07, 6.45) is 2.80. The van der Waals surface area contributed by atoms with Crippen LogP contribution in [0.15, 0.2) is 23.1 Å². The lowest BCUT2D eigenvalue weighted by Crippen LogP contribution is -2.52. The van der Waals surface area contributed by atoms with E-state index in [1.165, 1.54) is 29.4 Å². The fourth-order valence-electron chi connectivity index (χ4n) is 4.01. The predicted molar refractivity (Wildman–Crippen MR) is 103 cm³/mol. The summed E-state index contributed by atoms with van der Waals surface area (Å²) in [6, 6.07) is 4.49. The molecule has 8 nitrogen and oxygen atoms in total. The van der Waals surface area contributed by atoms with Crippen LogP contribution in [0.3, 0.4) is 0 Å². The largest absolute Gasteiger partial charge is 0.304 e. The Kier molecular flexibility index (Phi) is 6.15. The maximum Gasteiger partial charge on any atom is 0.273 e. The Balaban J connectivity index is 1.85. The number of hydrogen-bond acceptors (Lipinski definition) is 6. The van der Waals surface area contributed by atoms with Gasteiger partial charge >= 0.3 is 0 Å². The molecule has 9 heteroatoms. The van der Waals surface area contributed by atoms with E-state index in [0.717, 1.165) is 45.4 Å². The van der Waals surface area contributed by atoms with Crippen molar-refractivity contribution in [2.45, 2.75) is 37.1 Å². The van der Waals surface area contributed by atoms with Crippen molar-refractivity contribution >= 4 is 15.7 Å². The summed E-state index contributed by atoms with van der Waals surface area (Å²) in [6.45, 7) is 6.32. The summed E-state index contributed by atoms with van der Waals surface area (Å²) >= 11 is 0. The quantitative estimate of drug-likeness (QED) is 0.569. The minimum absolute atomic E-state index is 0.0516. The standard InChI is InChI=1S/C18H28N4O4S/c1-15-17(22(23)24)7-5-8-18(15)27(25,26)21-9-4-3-6-16(14-21)20-12-10-19(2)11-13-20/h5,7-8,16H,3-4,6,9-14H2,1-2H3/t16-/m1/s1. The van der Waals surface area contributed by atoms with Gasteiger partial charge in [-0.1, -0.05) is 12.5 Å². The summed E-state index contributed by atoms with van der Waals surface area (Å²) < 4.78 is 28.1. The van der Waals surface area contributed by atoms with Gasteiger partial charge in [0.15, 0.2) is 0 Å². The van der Waals surface area contributed by atoms with E-state index in [-0.39, 0.29) is 22.2 Å². The molecular formula is C18H28N4O4S. The third-order valence-corrected chi connectivity index (χ3v) is 7.74. The van der Waals surface area contributed by atoms with Crippen LogP contribution in [0, 0.1) is 17.0 Å². The predicted octanol–water partition coefficient (Wildman–Crippen LogP) is 1.69. The molecule has 0 amide bonds. The normalized spacial score (nSPS) is 23.9. The van der Waals surface area contributed by atoms with Crippen LogP contribution < -0.4 is 0 Å². The molecule has 0 saturated carbocycles. The van der Waals surface area contributed by atoms with Crippen molar-refractivity contribution in [1.29, 1.82) is 0 Å². The van der Waals surface area contributed by atoms with Gasteiger partial charge in [-0.3, -0.25) is 15.0 Å². The number of hydrogen-bond donors (Lipinski definition) is 0. The van der Waals surface area contributed by atoms with Gasteiger partial charge < -0.3 is 4.90 Å². The highest BCUT2D eigenvalue weighted by Crippen LogP contribution is 2.29. The van der Waals surface area contributed by atoms with E-state index in [2.05, 4.69) is 16.8 Å². The minimum Gasteiger partial charge on any atom is -0.304 e. The number of nitrogens with zero attached hydrogens (tertiary/aromatic N) is 4. The van der Waals surface area contributed by atoms with Crippen LogP contribution in [0.4, 0.5) is 5.69 Å². The lowest BCUT2D eigenvalue weighted by atomic mass is 10.1. The van der Waals surface area contributed by atoms with Gasteiger partial charge in [0.2, 0.25) is 10.0 Å². The van der Waals surface area contributed by atoms with Gasteiger partial charge in [0.25, 0.3) is 5.69 Å². The first-order valence-electron chi connectivity index (χ1n) is 9.47. The first kappa shape index (κ1) is 20.2. The molecule has 0 unspecified atom stereocenters. The number of benzene rings is 1. The first-order valence-corrected chi connectivity index (χ1v) is 10.9. The van der Waals surface area contributed by atoms with Gasteiger partial charge in [0, 0.05) is 56.9 Å². The third kappa shape index (κ3) is 4.31. The molecule has 1 aromatic carbocycles. The number of nitro benzene ring substituents is 1. The Labute approximate surface area is 160 Å². The minimum atomic E-state index is -3.76. The number of likely N-dealkylation sites (N-methyl/N-ethyl adjacent to an activating group) is 1. The zero-order valence-corrected chi connectivity index (χ0v) is 16.8. The average molecular weight is 397 g/mol. The van der Waals surface area contributed by atoms with E-state index in [1.807, 2.05) is 0 Å². The van der Waals surface area contributed by atoms with Crippen molar-refractivity contribution in [2.24, 2.45) is 0 Å². The van der Waals surface area contributed by atoms with Gasteiger partial charge in [-0.15, -0.1) is 0 Å². The van der Waals surface area contributed by atoms with Gasteiger partial charge in [-0.05, 0) is 32.9 Å². The molecule has 2 fully saturated rings. The van der Waals surface area contributed by atoms with Gasteiger partial charge in [-0.2, -0.15) is 4.31 Å². The molecule has 3 rings (SSSR count). The van der Waals surface area contributed by atoms with E-state index in [4.69, 9.17) is 0 Å². The van der Waals surface area contributed by atoms with E-state index >= 15 is 0 Å². The van der Waals surface area contributed by atoms with Crippen LogP contribution >= 0.6 is 0 Å². The molecule has 0 aliphatic carbocycles. The number of piperazine rings is 1. The first-order chi connectivity index (χ1) is 12.8. The summed E-state index contributed by atoms with van der Waals surface area (Å²) in [5.74, 6) is 0. The van der Waals surface area contributed by atoms with Crippen LogP contribution in [0.1, 0.15) is 24.8 Å². The van der Waals surface area contributed by atoms with Crippen molar-refractivity contribution < 1.29 is 13.3 Å². The van der Waals surface area contributed by atoms with Gasteiger partial charge in [0.05, 0.1) is 9.82 Å². The highest BCUT2D eigenvalue weighted by Gasteiger charge is 2.34. The van der Waals surface area contributed by atoms with Crippen LogP contribution in [0.2, 0.25) is 0 Å². The van der Waals surface area contributed by atoms with Crippen molar-refractivity contribution in [3.05, 3.63) is 33.9 Å². The highest BCUT2D eigenvalue weighted by molar-refractivity contribution is 7.89. The van der Waals surface area contributed by atoms with Gasteiger partial charge in [-0.25, -0.2) is 8.42 Å². The Bertz CT molecular complexity index is 791. The second kappa shape index (κ2) is 8.22. The summed E-state index contributed by atoms with van der Waals surface area (Å²) in [7, 11) is -1.66. The van der Waals surface area contributed by atoms with E-state index in [9.17, 15) is 18.5 Å².